The molecule has 3 nitrogen and oxygen atoms in total. The second-order valence-corrected chi connectivity index (χ2v) is 5.44. The number of aliphatic carboxylic acids is 1. The van der Waals surface area contributed by atoms with Crippen molar-refractivity contribution in [2.24, 2.45) is 17.3 Å². The number of carbonyl (C=O) groups is 1. The monoisotopic (exact) mass is 238 g/mol. The minimum Gasteiger partial charge on any atom is -0.501 e. The van der Waals surface area contributed by atoms with Crippen molar-refractivity contribution in [1.82, 2.24) is 0 Å². The summed E-state index contributed by atoms with van der Waals surface area (Å²) in [5, 5.41) is 8.84. The van der Waals surface area contributed by atoms with E-state index < -0.39 is 5.97 Å². The summed E-state index contributed by atoms with van der Waals surface area (Å²) in [7, 11) is 0. The van der Waals surface area contributed by atoms with Gasteiger partial charge < -0.3 is 9.84 Å². The van der Waals surface area contributed by atoms with Crippen LogP contribution in [0.2, 0.25) is 0 Å². The fraction of sp³-hybridized carbons (Fsp3) is 0.643. The second kappa shape index (κ2) is 5.39. The fourth-order valence-corrected chi connectivity index (χ4v) is 2.16. The second-order valence-electron chi connectivity index (χ2n) is 5.44. The lowest BCUT2D eigenvalue weighted by Gasteiger charge is -1.96. The first kappa shape index (κ1) is 13.8. The Morgan fingerprint density at radius 3 is 2.35 bits per heavy atom. The third-order valence-corrected chi connectivity index (χ3v) is 3.28. The van der Waals surface area contributed by atoms with Crippen molar-refractivity contribution in [2.75, 3.05) is 6.61 Å². The van der Waals surface area contributed by atoms with Crippen LogP contribution >= 0.6 is 0 Å². The van der Waals surface area contributed by atoms with Gasteiger partial charge in [0.25, 0.3) is 0 Å². The topological polar surface area (TPSA) is 46.5 Å². The maximum absolute atomic E-state index is 10.7. The van der Waals surface area contributed by atoms with Gasteiger partial charge in [0.05, 0.1) is 18.8 Å². The number of carboxylic acid groups (broad SMARTS) is 1. The molecule has 1 aliphatic carbocycles. The van der Waals surface area contributed by atoms with Crippen LogP contribution in [0, 0.1) is 17.3 Å². The van der Waals surface area contributed by atoms with Crippen LogP contribution in [-0.4, -0.2) is 17.7 Å². The molecule has 0 aromatic heterocycles. The number of hydrogen-bond donors (Lipinski definition) is 1. The van der Waals surface area contributed by atoms with Crippen LogP contribution in [-0.2, 0) is 9.53 Å². The number of ether oxygens (including phenoxy) is 1. The zero-order chi connectivity index (χ0) is 13.1. The average molecular weight is 238 g/mol. The van der Waals surface area contributed by atoms with Crippen molar-refractivity contribution in [3.05, 3.63) is 24.0 Å². The van der Waals surface area contributed by atoms with Gasteiger partial charge >= 0.3 is 5.97 Å². The Balaban J connectivity index is 0.000000239. The van der Waals surface area contributed by atoms with E-state index in [0.717, 1.165) is 13.0 Å². The standard InChI is InChI=1S/C10H16O2.C4H6O/c1-6(2)5-7-8(9(11)12)10(7,3)4;1-2-4-5-3-1/h5,7-8H,1-4H3,(H,11,12);1,3H,2,4H2. The summed E-state index contributed by atoms with van der Waals surface area (Å²) in [4.78, 5) is 10.7. The number of rotatable bonds is 2. The van der Waals surface area contributed by atoms with E-state index in [1.165, 1.54) is 5.57 Å². The van der Waals surface area contributed by atoms with Gasteiger partial charge in [-0.25, -0.2) is 0 Å². The van der Waals surface area contributed by atoms with E-state index in [9.17, 15) is 4.79 Å². The van der Waals surface area contributed by atoms with Gasteiger partial charge in [-0.15, -0.1) is 0 Å². The Morgan fingerprint density at radius 2 is 2.12 bits per heavy atom. The predicted octanol–water partition coefficient (Wildman–Crippen LogP) is 3.23. The van der Waals surface area contributed by atoms with Gasteiger partial charge in [-0.1, -0.05) is 25.5 Å². The smallest absolute Gasteiger partial charge is 0.307 e. The van der Waals surface area contributed by atoms with Crippen LogP contribution in [0.25, 0.3) is 0 Å². The van der Waals surface area contributed by atoms with Crippen molar-refractivity contribution >= 4 is 5.97 Å². The summed E-state index contributed by atoms with van der Waals surface area (Å²) in [6.07, 6.45) is 6.92. The highest BCUT2D eigenvalue weighted by Crippen LogP contribution is 2.59. The molecule has 1 fully saturated rings. The van der Waals surface area contributed by atoms with E-state index in [0.29, 0.717) is 0 Å². The summed E-state index contributed by atoms with van der Waals surface area (Å²) < 4.78 is 4.76. The molecule has 1 heterocycles. The summed E-state index contributed by atoms with van der Waals surface area (Å²) in [6.45, 7) is 8.92. The molecular formula is C14H22O3. The Hall–Kier alpha value is -1.25. The van der Waals surface area contributed by atoms with E-state index in [1.807, 2.05) is 33.8 Å². The molecule has 0 amide bonds. The summed E-state index contributed by atoms with van der Waals surface area (Å²) >= 11 is 0. The molecule has 1 saturated carbocycles. The maximum Gasteiger partial charge on any atom is 0.307 e. The van der Waals surface area contributed by atoms with Crippen LogP contribution in [0.1, 0.15) is 34.1 Å². The number of hydrogen-bond acceptors (Lipinski definition) is 2. The van der Waals surface area contributed by atoms with Crippen molar-refractivity contribution in [2.45, 2.75) is 34.1 Å². The third-order valence-electron chi connectivity index (χ3n) is 3.28. The summed E-state index contributed by atoms with van der Waals surface area (Å²) in [5.41, 5.74) is 1.17. The molecule has 2 aliphatic rings. The molecule has 2 unspecified atom stereocenters. The zero-order valence-electron chi connectivity index (χ0n) is 11.1. The Labute approximate surface area is 103 Å². The first-order chi connectivity index (χ1) is 7.87. The van der Waals surface area contributed by atoms with Crippen molar-refractivity contribution in [3.8, 4) is 0 Å². The molecule has 0 radical (unpaired) electrons. The van der Waals surface area contributed by atoms with E-state index in [1.54, 1.807) is 6.26 Å². The molecular weight excluding hydrogens is 216 g/mol. The quantitative estimate of drug-likeness (QED) is 0.751. The molecule has 3 heteroatoms. The Kier molecular flexibility index (Phi) is 4.38. The van der Waals surface area contributed by atoms with Gasteiger partial charge in [-0.3, -0.25) is 4.79 Å². The van der Waals surface area contributed by atoms with Crippen molar-refractivity contribution in [3.63, 3.8) is 0 Å². The SMILES string of the molecule is C1=COCC1.CC(C)=CC1C(C(=O)O)C1(C)C. The van der Waals surface area contributed by atoms with Gasteiger partial charge in [-0.05, 0) is 31.3 Å². The minimum absolute atomic E-state index is 0.0386. The van der Waals surface area contributed by atoms with Crippen LogP contribution in [0.3, 0.4) is 0 Å². The Morgan fingerprint density at radius 1 is 1.47 bits per heavy atom. The highest BCUT2D eigenvalue weighted by molar-refractivity contribution is 5.76. The first-order valence-electron chi connectivity index (χ1n) is 6.02. The van der Waals surface area contributed by atoms with E-state index in [2.05, 4.69) is 6.08 Å². The lowest BCUT2D eigenvalue weighted by molar-refractivity contribution is -0.139. The van der Waals surface area contributed by atoms with Crippen LogP contribution in [0.15, 0.2) is 24.0 Å². The van der Waals surface area contributed by atoms with Gasteiger partial charge in [-0.2, -0.15) is 0 Å². The lowest BCUT2D eigenvalue weighted by atomic mass is 10.1. The predicted molar refractivity (Wildman–Crippen MR) is 67.5 cm³/mol. The molecule has 1 N–H and O–H groups in total. The summed E-state index contributed by atoms with van der Waals surface area (Å²) in [6, 6.07) is 0. The molecule has 0 spiro atoms. The van der Waals surface area contributed by atoms with Gasteiger partial charge in [0, 0.05) is 6.42 Å². The molecule has 0 aromatic rings. The first-order valence-corrected chi connectivity index (χ1v) is 6.02. The number of carboxylic acids is 1. The molecule has 0 bridgehead atoms. The van der Waals surface area contributed by atoms with Crippen LogP contribution in [0.4, 0.5) is 0 Å². The molecule has 2 atom stereocenters. The van der Waals surface area contributed by atoms with Crippen LogP contribution in [0.5, 0.6) is 0 Å². The average Bonchev–Trinajstić information content (AvgIpc) is 2.65. The fourth-order valence-electron chi connectivity index (χ4n) is 2.16. The molecule has 2 rings (SSSR count). The molecule has 1 aliphatic heterocycles. The number of allylic oxidation sites excluding steroid dienone is 2. The minimum atomic E-state index is -0.664. The van der Waals surface area contributed by atoms with Crippen molar-refractivity contribution in [1.29, 1.82) is 0 Å². The van der Waals surface area contributed by atoms with Crippen molar-refractivity contribution < 1.29 is 14.6 Å². The highest BCUT2D eigenvalue weighted by Gasteiger charge is 2.60. The third kappa shape index (κ3) is 3.62. The molecule has 0 aromatic carbocycles. The van der Waals surface area contributed by atoms with Crippen LogP contribution < -0.4 is 0 Å². The molecule has 17 heavy (non-hydrogen) atoms. The summed E-state index contributed by atoms with van der Waals surface area (Å²) in [5.74, 6) is -0.602. The van der Waals surface area contributed by atoms with E-state index >= 15 is 0 Å². The molecule has 96 valence electrons. The van der Waals surface area contributed by atoms with Gasteiger partial charge in [0.15, 0.2) is 0 Å². The lowest BCUT2D eigenvalue weighted by Crippen LogP contribution is -2.02. The zero-order valence-corrected chi connectivity index (χ0v) is 11.1. The highest BCUT2D eigenvalue weighted by atomic mass is 16.5. The maximum atomic E-state index is 10.7. The largest absolute Gasteiger partial charge is 0.501 e. The van der Waals surface area contributed by atoms with Gasteiger partial charge in [0.2, 0.25) is 0 Å². The molecule has 0 saturated heterocycles. The van der Waals surface area contributed by atoms with Gasteiger partial charge in [0.1, 0.15) is 0 Å². The Bertz CT molecular complexity index is 329. The van der Waals surface area contributed by atoms with E-state index in [-0.39, 0.29) is 17.3 Å². The van der Waals surface area contributed by atoms with E-state index in [4.69, 9.17) is 9.84 Å². The normalized spacial score (nSPS) is 27.5.